The van der Waals surface area contributed by atoms with Crippen molar-refractivity contribution in [3.05, 3.63) is 89.0 Å². The summed E-state index contributed by atoms with van der Waals surface area (Å²) in [6, 6.07) is 19.8. The van der Waals surface area contributed by atoms with Gasteiger partial charge in [-0.1, -0.05) is 56.3 Å². The molecule has 1 atom stereocenters. The molecule has 3 aromatic carbocycles. The predicted molar refractivity (Wildman–Crippen MR) is 131 cm³/mol. The van der Waals surface area contributed by atoms with Gasteiger partial charge in [-0.2, -0.15) is 13.2 Å². The van der Waals surface area contributed by atoms with Gasteiger partial charge in [0, 0.05) is 24.7 Å². The van der Waals surface area contributed by atoms with E-state index in [-0.39, 0.29) is 11.7 Å². The first-order valence-electron chi connectivity index (χ1n) is 11.8. The Kier molecular flexibility index (Phi) is 6.83. The van der Waals surface area contributed by atoms with Crippen molar-refractivity contribution in [3.8, 4) is 11.1 Å². The third kappa shape index (κ3) is 5.35. The second-order valence-corrected chi connectivity index (χ2v) is 9.62. The maximum absolute atomic E-state index is 13.1. The molecule has 4 rings (SSSR count). The second kappa shape index (κ2) is 9.65. The highest BCUT2D eigenvalue weighted by Gasteiger charge is 2.30. The zero-order valence-corrected chi connectivity index (χ0v) is 19.8. The van der Waals surface area contributed by atoms with Crippen LogP contribution in [0.15, 0.2) is 66.7 Å². The lowest BCUT2D eigenvalue weighted by molar-refractivity contribution is -0.137. The second-order valence-electron chi connectivity index (χ2n) is 9.62. The zero-order chi connectivity index (χ0) is 24.5. The highest BCUT2D eigenvalue weighted by Crippen LogP contribution is 2.36. The van der Waals surface area contributed by atoms with Gasteiger partial charge in [-0.15, -0.1) is 0 Å². The third-order valence-corrected chi connectivity index (χ3v) is 6.58. The van der Waals surface area contributed by atoms with Crippen LogP contribution in [-0.4, -0.2) is 12.3 Å². The molecule has 178 valence electrons. The number of nitrogens with zero attached hydrogens (tertiary/aromatic N) is 1. The average molecular weight is 466 g/mol. The average Bonchev–Trinajstić information content (AvgIpc) is 2.81. The molecular formula is C29H30F3NO. The number of hydrogen-bond donors (Lipinski definition) is 0. The molecule has 2 nitrogen and oxygen atoms in total. The Balaban J connectivity index is 1.77. The van der Waals surface area contributed by atoms with Crippen molar-refractivity contribution in [3.63, 3.8) is 0 Å². The molecule has 0 radical (unpaired) electrons. The van der Waals surface area contributed by atoms with E-state index < -0.39 is 11.7 Å². The molecule has 0 saturated carbocycles. The number of rotatable bonds is 6. The summed E-state index contributed by atoms with van der Waals surface area (Å²) in [4.78, 5) is 14.9. The summed E-state index contributed by atoms with van der Waals surface area (Å²) < 4.78 is 39.3. The summed E-state index contributed by atoms with van der Waals surface area (Å²) in [7, 11) is 0. The van der Waals surface area contributed by atoms with E-state index in [1.165, 1.54) is 23.3 Å². The maximum atomic E-state index is 13.1. The summed E-state index contributed by atoms with van der Waals surface area (Å²) in [5.41, 5.74) is 5.42. The fourth-order valence-electron chi connectivity index (χ4n) is 4.76. The van der Waals surface area contributed by atoms with E-state index in [0.29, 0.717) is 11.5 Å². The quantitative estimate of drug-likeness (QED) is 0.373. The van der Waals surface area contributed by atoms with Gasteiger partial charge in [0.1, 0.15) is 5.78 Å². The van der Waals surface area contributed by atoms with Gasteiger partial charge in [0.25, 0.3) is 0 Å². The van der Waals surface area contributed by atoms with E-state index in [0.717, 1.165) is 54.9 Å². The molecule has 1 unspecified atom stereocenters. The molecule has 5 heteroatoms. The molecule has 1 aliphatic rings. The standard InChI is InChI=1S/C29H30F3NO/c1-19(2)14-28(20(3)34)25-15-24(22-8-10-26(11-9-22)29(30,31)32)16-27(17-25)33-13-12-21-6-4-5-7-23(21)18-33/h4-11,15-17,19,28H,12-14,18H2,1-3H3. The third-order valence-electron chi connectivity index (χ3n) is 6.58. The molecule has 34 heavy (non-hydrogen) atoms. The zero-order valence-electron chi connectivity index (χ0n) is 19.8. The van der Waals surface area contributed by atoms with Crippen molar-refractivity contribution >= 4 is 11.5 Å². The highest BCUT2D eigenvalue weighted by atomic mass is 19.4. The molecule has 0 amide bonds. The van der Waals surface area contributed by atoms with Crippen LogP contribution in [0.25, 0.3) is 11.1 Å². The number of fused-ring (bicyclic) bond motifs is 1. The predicted octanol–water partition coefficient (Wildman–Crippen LogP) is 7.65. The summed E-state index contributed by atoms with van der Waals surface area (Å²) in [5.74, 6) is 0.201. The molecule has 0 spiro atoms. The Bertz CT molecular complexity index is 1160. The maximum Gasteiger partial charge on any atom is 0.416 e. The summed E-state index contributed by atoms with van der Waals surface area (Å²) in [6.45, 7) is 7.42. The molecule has 0 aliphatic carbocycles. The van der Waals surface area contributed by atoms with Crippen LogP contribution in [0.4, 0.5) is 18.9 Å². The number of ketones is 1. The van der Waals surface area contributed by atoms with Gasteiger partial charge in [-0.3, -0.25) is 4.79 Å². The van der Waals surface area contributed by atoms with Crippen molar-refractivity contribution < 1.29 is 18.0 Å². The molecule has 1 heterocycles. The van der Waals surface area contributed by atoms with Crippen LogP contribution in [0, 0.1) is 5.92 Å². The Morgan fingerprint density at radius 3 is 2.24 bits per heavy atom. The van der Waals surface area contributed by atoms with Gasteiger partial charge in [0.15, 0.2) is 0 Å². The SMILES string of the molecule is CC(=O)C(CC(C)C)c1cc(-c2ccc(C(F)(F)F)cc2)cc(N2CCc3ccccc3C2)c1. The minimum absolute atomic E-state index is 0.105. The smallest absolute Gasteiger partial charge is 0.367 e. The number of hydrogen-bond acceptors (Lipinski definition) is 2. The van der Waals surface area contributed by atoms with Crippen LogP contribution in [0.5, 0.6) is 0 Å². The van der Waals surface area contributed by atoms with Crippen LogP contribution >= 0.6 is 0 Å². The molecule has 0 N–H and O–H groups in total. The van der Waals surface area contributed by atoms with E-state index in [2.05, 4.69) is 43.0 Å². The topological polar surface area (TPSA) is 20.3 Å². The molecule has 0 saturated heterocycles. The minimum Gasteiger partial charge on any atom is -0.367 e. The molecule has 0 bridgehead atoms. The lowest BCUT2D eigenvalue weighted by Gasteiger charge is -2.32. The fraction of sp³-hybridized carbons (Fsp3) is 0.345. The highest BCUT2D eigenvalue weighted by molar-refractivity contribution is 5.85. The van der Waals surface area contributed by atoms with Crippen molar-refractivity contribution in [1.29, 1.82) is 0 Å². The number of anilines is 1. The number of alkyl halides is 3. The summed E-state index contributed by atoms with van der Waals surface area (Å²) >= 11 is 0. The van der Waals surface area contributed by atoms with Gasteiger partial charge in [-0.25, -0.2) is 0 Å². The van der Waals surface area contributed by atoms with E-state index in [1.54, 1.807) is 6.92 Å². The van der Waals surface area contributed by atoms with Crippen molar-refractivity contribution in [1.82, 2.24) is 0 Å². The van der Waals surface area contributed by atoms with Crippen LogP contribution in [0.2, 0.25) is 0 Å². The normalized spacial score (nSPS) is 14.7. The lowest BCUT2D eigenvalue weighted by Crippen LogP contribution is -2.30. The first kappa shape index (κ1) is 24.1. The fourth-order valence-corrected chi connectivity index (χ4v) is 4.76. The Morgan fingerprint density at radius 2 is 1.62 bits per heavy atom. The van der Waals surface area contributed by atoms with Gasteiger partial charge in [0.2, 0.25) is 0 Å². The Hall–Kier alpha value is -3.08. The first-order chi connectivity index (χ1) is 16.1. The van der Waals surface area contributed by atoms with Crippen molar-refractivity contribution in [2.45, 2.75) is 52.3 Å². The molecular weight excluding hydrogens is 435 g/mol. The van der Waals surface area contributed by atoms with Crippen LogP contribution in [0.1, 0.15) is 55.4 Å². The summed E-state index contributed by atoms with van der Waals surface area (Å²) in [6.07, 6.45) is -2.71. The number of Topliss-reactive ketones (excluding diaryl/α,β-unsaturated/α-hetero) is 1. The number of carbonyl (C=O) groups is 1. The van der Waals surface area contributed by atoms with Gasteiger partial charge in [0.05, 0.1) is 5.56 Å². The molecule has 3 aromatic rings. The Labute approximate surface area is 199 Å². The number of carbonyl (C=O) groups excluding carboxylic acids is 1. The van der Waals surface area contributed by atoms with Crippen LogP contribution in [-0.2, 0) is 23.9 Å². The van der Waals surface area contributed by atoms with E-state index >= 15 is 0 Å². The van der Waals surface area contributed by atoms with Crippen LogP contribution < -0.4 is 4.90 Å². The molecule has 0 aromatic heterocycles. The van der Waals surface area contributed by atoms with E-state index in [1.807, 2.05) is 18.2 Å². The molecule has 1 aliphatic heterocycles. The molecule has 0 fully saturated rings. The Morgan fingerprint density at radius 1 is 0.941 bits per heavy atom. The lowest BCUT2D eigenvalue weighted by atomic mass is 9.85. The van der Waals surface area contributed by atoms with E-state index in [9.17, 15) is 18.0 Å². The van der Waals surface area contributed by atoms with Crippen molar-refractivity contribution in [2.75, 3.05) is 11.4 Å². The summed E-state index contributed by atoms with van der Waals surface area (Å²) in [5, 5.41) is 0. The largest absolute Gasteiger partial charge is 0.416 e. The van der Waals surface area contributed by atoms with Gasteiger partial charge < -0.3 is 4.90 Å². The first-order valence-corrected chi connectivity index (χ1v) is 11.8. The minimum atomic E-state index is -4.37. The number of benzene rings is 3. The van der Waals surface area contributed by atoms with E-state index in [4.69, 9.17) is 0 Å². The van der Waals surface area contributed by atoms with Gasteiger partial charge >= 0.3 is 6.18 Å². The van der Waals surface area contributed by atoms with Crippen LogP contribution in [0.3, 0.4) is 0 Å². The number of halogens is 3. The van der Waals surface area contributed by atoms with Gasteiger partial charge in [-0.05, 0) is 77.8 Å². The monoisotopic (exact) mass is 465 g/mol. The van der Waals surface area contributed by atoms with Crippen molar-refractivity contribution in [2.24, 2.45) is 5.92 Å².